The molecule has 0 fully saturated rings. The van der Waals surface area contributed by atoms with Crippen LogP contribution in [0.25, 0.3) is 0 Å². The van der Waals surface area contributed by atoms with Crippen molar-refractivity contribution in [3.63, 3.8) is 0 Å². The smallest absolute Gasteiger partial charge is 0.412 e. The molecular weight excluding hydrogens is 471 g/mol. The molecule has 3 N–H and O–H groups in total. The second kappa shape index (κ2) is 10.0. The molecule has 12 heteroatoms. The molecule has 1 amide bonds. The SMILES string of the molecule is CC(C)(C)OC(=O)Nc1ccc(F)cc1Nc1ncc([N+](=O)[O-])c(NC2CCOc3ccccc32)n1. The third kappa shape index (κ3) is 5.95. The first-order valence-corrected chi connectivity index (χ1v) is 11.2. The second-order valence-corrected chi connectivity index (χ2v) is 9.00. The minimum Gasteiger partial charge on any atom is -0.493 e. The summed E-state index contributed by atoms with van der Waals surface area (Å²) >= 11 is 0. The van der Waals surface area contributed by atoms with Crippen LogP contribution in [0.15, 0.2) is 48.7 Å². The van der Waals surface area contributed by atoms with Gasteiger partial charge in [0.2, 0.25) is 11.8 Å². The van der Waals surface area contributed by atoms with Crippen LogP contribution in [0.1, 0.15) is 38.8 Å². The Hall–Kier alpha value is -4.48. The Morgan fingerprint density at radius 3 is 2.75 bits per heavy atom. The summed E-state index contributed by atoms with van der Waals surface area (Å²) in [4.78, 5) is 31.6. The van der Waals surface area contributed by atoms with Crippen molar-refractivity contribution in [3.8, 4) is 5.75 Å². The number of carbonyl (C=O) groups is 1. The van der Waals surface area contributed by atoms with E-state index < -0.39 is 22.4 Å². The van der Waals surface area contributed by atoms with Crippen molar-refractivity contribution in [1.82, 2.24) is 9.97 Å². The molecule has 0 aliphatic carbocycles. The normalized spacial score (nSPS) is 14.7. The van der Waals surface area contributed by atoms with Gasteiger partial charge >= 0.3 is 11.8 Å². The molecule has 0 radical (unpaired) electrons. The molecular formula is C24H25FN6O5. The van der Waals surface area contributed by atoms with E-state index in [4.69, 9.17) is 9.47 Å². The van der Waals surface area contributed by atoms with Gasteiger partial charge < -0.3 is 20.1 Å². The van der Waals surface area contributed by atoms with Crippen LogP contribution in [0.5, 0.6) is 5.75 Å². The predicted molar refractivity (Wildman–Crippen MR) is 131 cm³/mol. The van der Waals surface area contributed by atoms with E-state index in [9.17, 15) is 19.3 Å². The van der Waals surface area contributed by atoms with Crippen LogP contribution in [0.4, 0.5) is 38.0 Å². The third-order valence-corrected chi connectivity index (χ3v) is 5.10. The third-order valence-electron chi connectivity index (χ3n) is 5.10. The summed E-state index contributed by atoms with van der Waals surface area (Å²) in [5.74, 6) is 0.0544. The number of ether oxygens (including phenoxy) is 2. The van der Waals surface area contributed by atoms with Gasteiger partial charge in [-0.05, 0) is 45.0 Å². The molecule has 0 saturated carbocycles. The van der Waals surface area contributed by atoms with E-state index in [1.807, 2.05) is 24.3 Å². The number of rotatable bonds is 6. The molecule has 1 aliphatic heterocycles. The van der Waals surface area contributed by atoms with Gasteiger partial charge in [-0.25, -0.2) is 14.2 Å². The standard InChI is InChI=1S/C24H25FN6O5/c1-24(2,3)36-23(32)29-17-9-8-14(25)12-18(17)28-22-26-13-19(31(33)34)21(30-22)27-16-10-11-35-20-7-5-4-6-15(16)20/h4-9,12-13,16H,10-11H2,1-3H3,(H,29,32)(H2,26,27,28,30). The average molecular weight is 496 g/mol. The van der Waals surface area contributed by atoms with Gasteiger partial charge in [0, 0.05) is 12.0 Å². The fourth-order valence-corrected chi connectivity index (χ4v) is 3.60. The number of halogens is 1. The van der Waals surface area contributed by atoms with Crippen LogP contribution >= 0.6 is 0 Å². The van der Waals surface area contributed by atoms with E-state index in [1.165, 1.54) is 12.1 Å². The number of aromatic nitrogens is 2. The van der Waals surface area contributed by atoms with E-state index in [0.717, 1.165) is 17.8 Å². The molecule has 0 spiro atoms. The lowest BCUT2D eigenvalue weighted by atomic mass is 10.0. The van der Waals surface area contributed by atoms with Gasteiger partial charge in [0.1, 0.15) is 23.4 Å². The van der Waals surface area contributed by atoms with Gasteiger partial charge in [-0.1, -0.05) is 18.2 Å². The van der Waals surface area contributed by atoms with Crippen molar-refractivity contribution in [1.29, 1.82) is 0 Å². The summed E-state index contributed by atoms with van der Waals surface area (Å²) in [5.41, 5.74) is 0.135. The highest BCUT2D eigenvalue weighted by Gasteiger charge is 2.26. The molecule has 188 valence electrons. The van der Waals surface area contributed by atoms with E-state index in [-0.39, 0.29) is 34.9 Å². The van der Waals surface area contributed by atoms with Gasteiger partial charge in [-0.15, -0.1) is 0 Å². The topological polar surface area (TPSA) is 141 Å². The maximum Gasteiger partial charge on any atom is 0.412 e. The molecule has 0 bridgehead atoms. The van der Waals surface area contributed by atoms with Crippen molar-refractivity contribution in [2.75, 3.05) is 22.6 Å². The van der Waals surface area contributed by atoms with Gasteiger partial charge in [0.15, 0.2) is 0 Å². The molecule has 2 aromatic carbocycles. The summed E-state index contributed by atoms with van der Waals surface area (Å²) < 4.78 is 24.9. The number of benzene rings is 2. The molecule has 0 saturated heterocycles. The lowest BCUT2D eigenvalue weighted by Gasteiger charge is -2.26. The molecule has 1 aromatic heterocycles. The average Bonchev–Trinajstić information content (AvgIpc) is 2.80. The number of anilines is 4. The highest BCUT2D eigenvalue weighted by atomic mass is 19.1. The monoisotopic (exact) mass is 496 g/mol. The number of nitro groups is 1. The number of nitrogens with zero attached hydrogens (tertiary/aromatic N) is 3. The van der Waals surface area contributed by atoms with Crippen LogP contribution in [0, 0.1) is 15.9 Å². The van der Waals surface area contributed by atoms with Crippen LogP contribution in [-0.4, -0.2) is 33.2 Å². The van der Waals surface area contributed by atoms with Gasteiger partial charge in [-0.2, -0.15) is 4.98 Å². The lowest BCUT2D eigenvalue weighted by Crippen LogP contribution is -2.27. The Kier molecular flexibility index (Phi) is 6.86. The number of nitrogens with one attached hydrogen (secondary N) is 3. The molecule has 36 heavy (non-hydrogen) atoms. The molecule has 1 aliphatic rings. The zero-order chi connectivity index (χ0) is 25.9. The van der Waals surface area contributed by atoms with Crippen LogP contribution in [-0.2, 0) is 4.74 Å². The first-order valence-electron chi connectivity index (χ1n) is 11.2. The minimum absolute atomic E-state index is 0.0164. The fourth-order valence-electron chi connectivity index (χ4n) is 3.60. The number of hydrogen-bond donors (Lipinski definition) is 3. The lowest BCUT2D eigenvalue weighted by molar-refractivity contribution is -0.384. The zero-order valence-electron chi connectivity index (χ0n) is 19.9. The largest absolute Gasteiger partial charge is 0.493 e. The number of hydrogen-bond acceptors (Lipinski definition) is 9. The number of amides is 1. The summed E-state index contributed by atoms with van der Waals surface area (Å²) in [6.07, 6.45) is 0.889. The Morgan fingerprint density at radius 1 is 1.22 bits per heavy atom. The first-order chi connectivity index (χ1) is 17.1. The van der Waals surface area contributed by atoms with Crippen molar-refractivity contribution in [3.05, 3.63) is 70.2 Å². The Balaban J connectivity index is 1.62. The highest BCUT2D eigenvalue weighted by Crippen LogP contribution is 2.36. The molecule has 2 heterocycles. The van der Waals surface area contributed by atoms with Gasteiger partial charge in [0.05, 0.1) is 28.9 Å². The summed E-state index contributed by atoms with van der Waals surface area (Å²) in [6, 6.07) is 10.8. The van der Waals surface area contributed by atoms with Crippen LogP contribution < -0.4 is 20.7 Å². The highest BCUT2D eigenvalue weighted by molar-refractivity contribution is 5.90. The quantitative estimate of drug-likeness (QED) is 0.296. The summed E-state index contributed by atoms with van der Waals surface area (Å²) in [7, 11) is 0. The van der Waals surface area contributed by atoms with Crippen molar-refractivity contribution >= 4 is 34.9 Å². The molecule has 1 atom stereocenters. The van der Waals surface area contributed by atoms with Gasteiger partial charge in [-0.3, -0.25) is 15.4 Å². The van der Waals surface area contributed by atoms with Crippen molar-refractivity contribution < 1.29 is 23.6 Å². The maximum absolute atomic E-state index is 14.0. The van der Waals surface area contributed by atoms with E-state index in [2.05, 4.69) is 25.9 Å². The molecule has 1 unspecified atom stereocenters. The summed E-state index contributed by atoms with van der Waals surface area (Å²) in [5, 5.41) is 20.1. The summed E-state index contributed by atoms with van der Waals surface area (Å²) in [6.45, 7) is 5.58. The van der Waals surface area contributed by atoms with Crippen molar-refractivity contribution in [2.24, 2.45) is 0 Å². The second-order valence-electron chi connectivity index (χ2n) is 9.00. The Labute approximate surface area is 206 Å². The molecule has 11 nitrogen and oxygen atoms in total. The van der Waals surface area contributed by atoms with Gasteiger partial charge in [0.25, 0.3) is 0 Å². The Morgan fingerprint density at radius 2 is 2.00 bits per heavy atom. The van der Waals surface area contributed by atoms with E-state index in [1.54, 1.807) is 20.8 Å². The predicted octanol–water partition coefficient (Wildman–Crippen LogP) is 5.55. The number of para-hydroxylation sites is 1. The zero-order valence-corrected chi connectivity index (χ0v) is 19.9. The van der Waals surface area contributed by atoms with E-state index >= 15 is 0 Å². The van der Waals surface area contributed by atoms with Crippen LogP contribution in [0.2, 0.25) is 0 Å². The maximum atomic E-state index is 14.0. The first kappa shape index (κ1) is 24.6. The van der Waals surface area contributed by atoms with Crippen LogP contribution in [0.3, 0.4) is 0 Å². The van der Waals surface area contributed by atoms with E-state index in [0.29, 0.717) is 18.8 Å². The Bertz CT molecular complexity index is 1300. The number of fused-ring (bicyclic) bond motifs is 1. The van der Waals surface area contributed by atoms with Crippen molar-refractivity contribution in [2.45, 2.75) is 38.8 Å². The number of carbonyl (C=O) groups excluding carboxylic acids is 1. The minimum atomic E-state index is -0.734. The molecule has 3 aromatic rings. The molecule has 4 rings (SSSR count). The fraction of sp³-hybridized carbons (Fsp3) is 0.292.